The van der Waals surface area contributed by atoms with Gasteiger partial charge in [0.2, 0.25) is 0 Å². The first-order valence-electron chi connectivity index (χ1n) is 17.4. The quantitative estimate of drug-likeness (QED) is 0.135. The summed E-state index contributed by atoms with van der Waals surface area (Å²) in [5.74, 6) is 8.76. The molecule has 2 atom stereocenters. The van der Waals surface area contributed by atoms with Gasteiger partial charge in [0.15, 0.2) is 11.5 Å². The van der Waals surface area contributed by atoms with Crippen LogP contribution in [0.3, 0.4) is 0 Å². The molecule has 10 heteroatoms. The highest BCUT2D eigenvalue weighted by Gasteiger charge is 2.40. The average molecular weight is 730 g/mol. The van der Waals surface area contributed by atoms with Crippen LogP contribution in [0.25, 0.3) is 11.3 Å². The van der Waals surface area contributed by atoms with Gasteiger partial charge in [-0.25, -0.2) is 13.5 Å². The number of amides is 1. The maximum atomic E-state index is 13.8. The van der Waals surface area contributed by atoms with Gasteiger partial charge in [-0.1, -0.05) is 54.3 Å². The topological polar surface area (TPSA) is 110 Å². The Balaban J connectivity index is 1.32. The van der Waals surface area contributed by atoms with Gasteiger partial charge in [-0.15, -0.1) is 0 Å². The number of para-hydroxylation sites is 1. The Labute approximate surface area is 313 Å². The highest BCUT2D eigenvalue weighted by atomic mass is 32.2. The lowest BCUT2D eigenvalue weighted by Gasteiger charge is -2.30. The van der Waals surface area contributed by atoms with Crippen molar-refractivity contribution in [3.63, 3.8) is 0 Å². The Morgan fingerprint density at radius 1 is 0.887 bits per heavy atom. The molecule has 5 aromatic rings. The van der Waals surface area contributed by atoms with Gasteiger partial charge < -0.3 is 24.6 Å². The summed E-state index contributed by atoms with van der Waals surface area (Å²) in [6.45, 7) is 6.33. The molecule has 1 aliphatic heterocycles. The van der Waals surface area contributed by atoms with Crippen molar-refractivity contribution in [3.8, 4) is 46.1 Å². The number of methoxy groups -OCH3 is 2. The molecule has 4 aromatic carbocycles. The van der Waals surface area contributed by atoms with Crippen LogP contribution in [0.1, 0.15) is 71.5 Å². The van der Waals surface area contributed by atoms with Crippen LogP contribution in [-0.4, -0.2) is 50.1 Å². The number of nitrogens with one attached hydrogen (secondary N) is 1. The van der Waals surface area contributed by atoms with Crippen molar-refractivity contribution in [1.82, 2.24) is 14.6 Å². The zero-order chi connectivity index (χ0) is 37.5. The minimum Gasteiger partial charge on any atom is -0.493 e. The van der Waals surface area contributed by atoms with Crippen LogP contribution >= 0.6 is 0 Å². The molecule has 0 saturated carbocycles. The van der Waals surface area contributed by atoms with Gasteiger partial charge in [-0.2, -0.15) is 0 Å². The first kappa shape index (κ1) is 37.3. The second-order valence-corrected chi connectivity index (χ2v) is 15.7. The van der Waals surface area contributed by atoms with Gasteiger partial charge in [0.1, 0.15) is 28.2 Å². The summed E-state index contributed by atoms with van der Waals surface area (Å²) in [4.78, 5) is 18.7. The van der Waals surface area contributed by atoms with E-state index in [0.29, 0.717) is 35.9 Å². The Bertz CT molecular complexity index is 2170. The number of aromatic nitrogens is 1. The summed E-state index contributed by atoms with van der Waals surface area (Å²) < 4.78 is 31.9. The molecular weight excluding hydrogens is 687 g/mol. The largest absolute Gasteiger partial charge is 0.493 e. The summed E-state index contributed by atoms with van der Waals surface area (Å²) in [5.41, 5.74) is 5.70. The maximum Gasteiger partial charge on any atom is 0.270 e. The van der Waals surface area contributed by atoms with Crippen molar-refractivity contribution in [2.45, 2.75) is 51.1 Å². The molecule has 0 spiro atoms. The van der Waals surface area contributed by atoms with E-state index in [0.717, 1.165) is 39.1 Å². The van der Waals surface area contributed by atoms with E-state index >= 15 is 0 Å². The number of aliphatic hydroxyl groups is 1. The molecule has 1 aliphatic rings. The van der Waals surface area contributed by atoms with E-state index in [-0.39, 0.29) is 30.8 Å². The van der Waals surface area contributed by atoms with E-state index in [1.807, 2.05) is 122 Å². The van der Waals surface area contributed by atoms with Crippen LogP contribution in [0.4, 0.5) is 0 Å². The third-order valence-corrected chi connectivity index (χ3v) is 10.6. The molecule has 0 bridgehead atoms. The van der Waals surface area contributed by atoms with E-state index in [2.05, 4.69) is 17.2 Å². The molecule has 0 aliphatic carbocycles. The van der Waals surface area contributed by atoms with Crippen LogP contribution in [0.15, 0.2) is 103 Å². The molecule has 6 rings (SSSR count). The van der Waals surface area contributed by atoms with Gasteiger partial charge in [0.05, 0.1) is 30.7 Å². The highest BCUT2D eigenvalue weighted by Crippen LogP contribution is 2.44. The molecule has 9 nitrogen and oxygen atoms in total. The number of nitrogens with zero attached hydrogens (tertiary/aromatic N) is 2. The van der Waals surface area contributed by atoms with Crippen LogP contribution in [0.5, 0.6) is 23.0 Å². The molecule has 1 amide bonds. The van der Waals surface area contributed by atoms with E-state index in [9.17, 15) is 14.1 Å². The molecule has 2 N–H and O–H groups in total. The van der Waals surface area contributed by atoms with Crippen LogP contribution in [-0.2, 0) is 24.1 Å². The summed E-state index contributed by atoms with van der Waals surface area (Å²) in [7, 11) is 1.78. The number of fused-ring (bicyclic) bond motifs is 1. The third kappa shape index (κ3) is 8.78. The maximum absolute atomic E-state index is 13.8. The second kappa shape index (κ2) is 16.5. The monoisotopic (exact) mass is 729 g/mol. The van der Waals surface area contributed by atoms with Gasteiger partial charge in [0, 0.05) is 42.0 Å². The summed E-state index contributed by atoms with van der Waals surface area (Å²) in [5, 5.41) is 13.2. The predicted octanol–water partition coefficient (Wildman–Crippen LogP) is 7.59. The van der Waals surface area contributed by atoms with E-state index in [1.165, 1.54) is 0 Å². The van der Waals surface area contributed by atoms with Gasteiger partial charge in [-0.05, 0) is 99.0 Å². The first-order valence-corrected chi connectivity index (χ1v) is 18.5. The van der Waals surface area contributed by atoms with Gasteiger partial charge in [0.25, 0.3) is 5.91 Å². The number of hydrogen-bond acceptors (Lipinski definition) is 7. The number of hydrogen-bond donors (Lipinski definition) is 2. The molecule has 0 fully saturated rings. The third-order valence-electron chi connectivity index (χ3n) is 8.75. The van der Waals surface area contributed by atoms with Crippen molar-refractivity contribution >= 4 is 16.9 Å². The van der Waals surface area contributed by atoms with E-state index in [1.54, 1.807) is 20.3 Å². The number of benzene rings is 4. The van der Waals surface area contributed by atoms with Crippen molar-refractivity contribution in [3.05, 3.63) is 137 Å². The molecule has 2 heterocycles. The lowest BCUT2D eigenvalue weighted by molar-refractivity contribution is 0.0946. The Hall–Kier alpha value is -5.47. The Morgan fingerprint density at radius 2 is 1.58 bits per heavy atom. The van der Waals surface area contributed by atoms with Gasteiger partial charge in [-0.3, -0.25) is 4.79 Å². The predicted molar refractivity (Wildman–Crippen MR) is 207 cm³/mol. The summed E-state index contributed by atoms with van der Waals surface area (Å²) in [6, 6.07) is 31.7. The fourth-order valence-corrected chi connectivity index (χ4v) is 7.58. The van der Waals surface area contributed by atoms with Crippen molar-refractivity contribution < 1.29 is 28.3 Å². The normalized spacial score (nSPS) is 14.4. The van der Waals surface area contributed by atoms with E-state index < -0.39 is 15.7 Å². The minimum atomic E-state index is -1.39. The fourth-order valence-electron chi connectivity index (χ4n) is 6.18. The molecule has 0 radical (unpaired) electrons. The number of carbonyl (C=O) groups is 1. The molecule has 1 aromatic heterocycles. The Kier molecular flexibility index (Phi) is 11.6. The van der Waals surface area contributed by atoms with Crippen molar-refractivity contribution in [2.24, 2.45) is 0 Å². The van der Waals surface area contributed by atoms with E-state index in [4.69, 9.17) is 19.2 Å². The summed E-state index contributed by atoms with van der Waals surface area (Å²) in [6.07, 6.45) is 0.359. The van der Waals surface area contributed by atoms with Crippen LogP contribution in [0, 0.1) is 11.8 Å². The van der Waals surface area contributed by atoms with Crippen LogP contribution in [0.2, 0.25) is 0 Å². The average Bonchev–Trinajstić information content (AvgIpc) is 3.54. The van der Waals surface area contributed by atoms with Gasteiger partial charge >= 0.3 is 0 Å². The molecule has 272 valence electrons. The highest BCUT2D eigenvalue weighted by molar-refractivity contribution is 7.84. The number of aliphatic hydroxyl groups excluding tert-OH is 1. The minimum absolute atomic E-state index is 0.102. The smallest absolute Gasteiger partial charge is 0.270 e. The van der Waals surface area contributed by atoms with Crippen molar-refractivity contribution in [1.29, 1.82) is 0 Å². The lowest BCUT2D eigenvalue weighted by atomic mass is 9.95. The molecular formula is C43H43N3O6S. The summed E-state index contributed by atoms with van der Waals surface area (Å²) >= 11 is 0. The Morgan fingerprint density at radius 3 is 2.26 bits per heavy atom. The number of rotatable bonds is 11. The zero-order valence-electron chi connectivity index (χ0n) is 30.5. The second-order valence-electron chi connectivity index (χ2n) is 13.5. The fraction of sp³-hybridized carbons (Fsp3) is 0.256. The number of pyridine rings is 1. The molecule has 53 heavy (non-hydrogen) atoms. The number of carbonyl (C=O) groups excluding carboxylic acids is 1. The standard InChI is InChI=1S/C43H43N3O6S/c1-43(2,3)53(49)46-28-33-26-36(42(48)44-27-31-16-19-35(20-17-31)52-34-12-7-6-8-13-34)45-41(40(33)37(46)22-23-47)32-11-9-10-29(24-32)14-15-30-18-21-38(50-4)39(25-30)51-5/h6-13,16-21,24-26,37,47H,22-23,27-28H2,1-5H3,(H,44,48)/t37-,53-/m0/s1. The van der Waals surface area contributed by atoms with Crippen molar-refractivity contribution in [2.75, 3.05) is 20.8 Å². The zero-order valence-corrected chi connectivity index (χ0v) is 31.3. The SMILES string of the molecule is COc1ccc(C#Cc2cccc(-c3nc(C(=O)NCc4ccc(Oc5ccccc5)cc4)cc4c3[C@H](CCO)N([S@@](=O)C(C)(C)C)C4)c2)cc1OC. The molecule has 0 unspecified atom stereocenters. The number of ether oxygens (including phenoxy) is 3. The van der Waals surface area contributed by atoms with Crippen LogP contribution < -0.4 is 19.5 Å². The molecule has 0 saturated heterocycles. The first-order chi connectivity index (χ1) is 25.6. The lowest BCUT2D eigenvalue weighted by Crippen LogP contribution is -2.36.